The molecule has 0 saturated heterocycles. The number of hydrogen-bond acceptors (Lipinski definition) is 5. The van der Waals surface area contributed by atoms with Gasteiger partial charge in [-0.1, -0.05) is 6.42 Å². The summed E-state index contributed by atoms with van der Waals surface area (Å²) in [5.74, 6) is -3.41. The van der Waals surface area contributed by atoms with Crippen LogP contribution < -0.4 is 16.4 Å². The topological polar surface area (TPSA) is 80.0 Å². The van der Waals surface area contributed by atoms with Crippen molar-refractivity contribution in [2.45, 2.75) is 43.9 Å². The van der Waals surface area contributed by atoms with E-state index in [4.69, 9.17) is 11.5 Å². The quantitative estimate of drug-likeness (QED) is 0.755. The average molecular weight is 361 g/mol. The standard InChI is InChI=1S/C15H16F5N5/c16-8-6-9(17)11(15(18,19)20)10(7-8)25-13(22)23-12(21)24-14(25)4-2-1-3-5-14/h6-7H,1-5H2,(H4,21,22,23,24). The maximum Gasteiger partial charge on any atom is 0.421 e. The third-order valence-electron chi connectivity index (χ3n) is 4.41. The lowest BCUT2D eigenvalue weighted by Gasteiger charge is -2.46. The average Bonchev–Trinajstić information content (AvgIpc) is 2.44. The van der Waals surface area contributed by atoms with Gasteiger partial charge in [0.15, 0.2) is 0 Å². The van der Waals surface area contributed by atoms with Crippen LogP contribution in [-0.2, 0) is 6.18 Å². The number of alkyl halides is 3. The Morgan fingerprint density at radius 3 is 2.28 bits per heavy atom. The Balaban J connectivity index is 2.25. The van der Waals surface area contributed by atoms with Gasteiger partial charge in [0.05, 0.1) is 5.69 Å². The highest BCUT2D eigenvalue weighted by molar-refractivity contribution is 6.06. The van der Waals surface area contributed by atoms with Crippen molar-refractivity contribution < 1.29 is 22.0 Å². The van der Waals surface area contributed by atoms with Crippen LogP contribution in [0.5, 0.6) is 0 Å². The second-order valence-electron chi connectivity index (χ2n) is 6.10. The summed E-state index contributed by atoms with van der Waals surface area (Å²) in [6, 6.07) is 0.788. The van der Waals surface area contributed by atoms with E-state index in [0.29, 0.717) is 31.7 Å². The van der Waals surface area contributed by atoms with Crippen molar-refractivity contribution in [3.8, 4) is 0 Å². The van der Waals surface area contributed by atoms with Gasteiger partial charge < -0.3 is 11.5 Å². The molecular formula is C15H16F5N5. The normalized spacial score (nSPS) is 20.4. The maximum absolute atomic E-state index is 14.0. The van der Waals surface area contributed by atoms with Crippen molar-refractivity contribution in [1.29, 1.82) is 0 Å². The van der Waals surface area contributed by atoms with E-state index >= 15 is 0 Å². The molecule has 1 saturated carbocycles. The number of hydrogen-bond donors (Lipinski definition) is 2. The van der Waals surface area contributed by atoms with E-state index in [2.05, 4.69) is 9.98 Å². The minimum atomic E-state index is -5.05. The first-order chi connectivity index (χ1) is 11.6. The Morgan fingerprint density at radius 1 is 1.04 bits per heavy atom. The van der Waals surface area contributed by atoms with Gasteiger partial charge in [0.2, 0.25) is 11.9 Å². The van der Waals surface area contributed by atoms with Gasteiger partial charge in [-0.2, -0.15) is 18.2 Å². The molecule has 0 amide bonds. The van der Waals surface area contributed by atoms with E-state index in [1.165, 1.54) is 0 Å². The lowest BCUT2D eigenvalue weighted by atomic mass is 9.87. The monoisotopic (exact) mass is 361 g/mol. The van der Waals surface area contributed by atoms with Crippen molar-refractivity contribution in [2.24, 2.45) is 21.5 Å². The molecule has 10 heteroatoms. The van der Waals surface area contributed by atoms with E-state index < -0.39 is 34.7 Å². The Bertz CT molecular complexity index is 749. The highest BCUT2D eigenvalue weighted by Gasteiger charge is 2.47. The molecule has 4 N–H and O–H groups in total. The van der Waals surface area contributed by atoms with Crippen LogP contribution in [0.2, 0.25) is 0 Å². The zero-order valence-electron chi connectivity index (χ0n) is 13.1. The summed E-state index contributed by atoms with van der Waals surface area (Å²) in [7, 11) is 0. The molecule has 1 aromatic carbocycles. The molecule has 1 aliphatic carbocycles. The van der Waals surface area contributed by atoms with Gasteiger partial charge in [0.25, 0.3) is 0 Å². The molecule has 3 rings (SSSR count). The summed E-state index contributed by atoms with van der Waals surface area (Å²) < 4.78 is 68.0. The Hall–Kier alpha value is -2.39. The SMILES string of the molecule is NC1=NC2(CCCCC2)N(c2cc(F)cc(F)c2C(F)(F)F)C(N)=N1. The fourth-order valence-electron chi connectivity index (χ4n) is 3.49. The molecule has 0 atom stereocenters. The van der Waals surface area contributed by atoms with Crippen LogP contribution in [0.1, 0.15) is 37.7 Å². The van der Waals surface area contributed by atoms with Crippen LogP contribution in [0.15, 0.2) is 22.1 Å². The number of benzene rings is 1. The van der Waals surface area contributed by atoms with E-state index in [9.17, 15) is 22.0 Å². The molecule has 0 radical (unpaired) electrons. The van der Waals surface area contributed by atoms with Crippen LogP contribution >= 0.6 is 0 Å². The molecule has 0 aromatic heterocycles. The van der Waals surface area contributed by atoms with Crippen molar-refractivity contribution in [3.63, 3.8) is 0 Å². The molecule has 0 bridgehead atoms. The van der Waals surface area contributed by atoms with E-state index in [-0.39, 0.29) is 18.0 Å². The highest BCUT2D eigenvalue weighted by atomic mass is 19.4. The number of nitrogens with two attached hydrogens (primary N) is 2. The molecule has 1 heterocycles. The smallest absolute Gasteiger partial charge is 0.369 e. The van der Waals surface area contributed by atoms with Crippen molar-refractivity contribution >= 4 is 17.6 Å². The Labute approximate surface area is 140 Å². The fourth-order valence-corrected chi connectivity index (χ4v) is 3.49. The largest absolute Gasteiger partial charge is 0.421 e. The zero-order chi connectivity index (χ0) is 18.4. The third-order valence-corrected chi connectivity index (χ3v) is 4.41. The Kier molecular flexibility index (Phi) is 4.08. The van der Waals surface area contributed by atoms with Gasteiger partial charge in [0, 0.05) is 6.07 Å². The zero-order valence-corrected chi connectivity index (χ0v) is 13.1. The van der Waals surface area contributed by atoms with Crippen molar-refractivity contribution in [1.82, 2.24) is 0 Å². The van der Waals surface area contributed by atoms with E-state index in [1.54, 1.807) is 0 Å². The number of nitrogens with zero attached hydrogens (tertiary/aromatic N) is 3. The molecule has 2 aliphatic rings. The lowest BCUT2D eigenvalue weighted by molar-refractivity contribution is -0.139. The first-order valence-electron chi connectivity index (χ1n) is 7.70. The number of halogens is 5. The van der Waals surface area contributed by atoms with E-state index in [1.807, 2.05) is 0 Å². The molecule has 25 heavy (non-hydrogen) atoms. The second-order valence-corrected chi connectivity index (χ2v) is 6.10. The lowest BCUT2D eigenvalue weighted by Crippen LogP contribution is -2.58. The molecule has 0 unspecified atom stereocenters. The molecule has 1 fully saturated rings. The first-order valence-corrected chi connectivity index (χ1v) is 7.70. The molecule has 1 aliphatic heterocycles. The van der Waals surface area contributed by atoms with Crippen LogP contribution in [0, 0.1) is 11.6 Å². The minimum Gasteiger partial charge on any atom is -0.369 e. The number of guanidine groups is 2. The van der Waals surface area contributed by atoms with E-state index in [0.717, 1.165) is 11.3 Å². The summed E-state index contributed by atoms with van der Waals surface area (Å²) in [5.41, 5.74) is 7.88. The summed E-state index contributed by atoms with van der Waals surface area (Å²) >= 11 is 0. The van der Waals surface area contributed by atoms with Gasteiger partial charge in [0.1, 0.15) is 22.9 Å². The van der Waals surface area contributed by atoms with Gasteiger partial charge >= 0.3 is 6.18 Å². The molecule has 1 spiro atoms. The van der Waals surface area contributed by atoms with Crippen molar-refractivity contribution in [3.05, 3.63) is 29.3 Å². The summed E-state index contributed by atoms with van der Waals surface area (Å²) in [6.45, 7) is 0. The second kappa shape index (κ2) is 5.85. The maximum atomic E-state index is 14.0. The summed E-state index contributed by atoms with van der Waals surface area (Å²) in [5, 5.41) is 0. The predicted octanol–water partition coefficient (Wildman–Crippen LogP) is 3.09. The molecule has 5 nitrogen and oxygen atoms in total. The van der Waals surface area contributed by atoms with Gasteiger partial charge in [-0.25, -0.2) is 13.8 Å². The first kappa shape index (κ1) is 17.4. The van der Waals surface area contributed by atoms with Crippen LogP contribution in [0.25, 0.3) is 0 Å². The molecular weight excluding hydrogens is 345 g/mol. The van der Waals surface area contributed by atoms with Crippen LogP contribution in [-0.4, -0.2) is 17.6 Å². The summed E-state index contributed by atoms with van der Waals surface area (Å²) in [6.07, 6.45) is -2.15. The fraction of sp³-hybridized carbons (Fsp3) is 0.467. The number of rotatable bonds is 1. The van der Waals surface area contributed by atoms with Crippen LogP contribution in [0.3, 0.4) is 0 Å². The van der Waals surface area contributed by atoms with Gasteiger partial charge in [-0.3, -0.25) is 4.90 Å². The van der Waals surface area contributed by atoms with Crippen molar-refractivity contribution in [2.75, 3.05) is 4.90 Å². The van der Waals surface area contributed by atoms with Crippen LogP contribution in [0.4, 0.5) is 27.6 Å². The number of anilines is 1. The third kappa shape index (κ3) is 3.00. The number of aliphatic imine (C=N–C) groups is 2. The predicted molar refractivity (Wildman–Crippen MR) is 82.9 cm³/mol. The minimum absolute atomic E-state index is 0.166. The van der Waals surface area contributed by atoms with Gasteiger partial charge in [-0.05, 0) is 31.7 Å². The summed E-state index contributed by atoms with van der Waals surface area (Å²) in [4.78, 5) is 8.88. The molecule has 136 valence electrons. The molecule has 1 aromatic rings. The van der Waals surface area contributed by atoms with Gasteiger partial charge in [-0.15, -0.1) is 0 Å². The highest BCUT2D eigenvalue weighted by Crippen LogP contribution is 2.45. The Morgan fingerprint density at radius 2 is 1.68 bits per heavy atom.